The normalized spacial score (nSPS) is 11.5. The van der Waals surface area contributed by atoms with Gasteiger partial charge in [-0.05, 0) is 134 Å². The van der Waals surface area contributed by atoms with Crippen molar-refractivity contribution in [1.29, 1.82) is 0 Å². The van der Waals surface area contributed by atoms with E-state index in [9.17, 15) is 0 Å². The van der Waals surface area contributed by atoms with Gasteiger partial charge >= 0.3 is 0 Å². The first-order chi connectivity index (χ1) is 34.2. The quantitative estimate of drug-likeness (QED) is 0.144. The summed E-state index contributed by atoms with van der Waals surface area (Å²) in [5.41, 5.74) is 20.2. The number of anilines is 3. The molecule has 0 saturated heterocycles. The molecule has 3 nitrogen and oxygen atoms in total. The maximum Gasteiger partial charge on any atom is 0.136 e. The number of nitrogens with zero attached hydrogens (tertiary/aromatic N) is 2. The van der Waals surface area contributed by atoms with Gasteiger partial charge in [0, 0.05) is 44.3 Å². The average Bonchev–Trinajstić information content (AvgIpc) is 3.98. The molecule has 0 aliphatic heterocycles. The largest absolute Gasteiger partial charge is 0.456 e. The van der Waals surface area contributed by atoms with Crippen LogP contribution in [0, 0.1) is 0 Å². The van der Waals surface area contributed by atoms with Crippen molar-refractivity contribution in [2.75, 3.05) is 4.90 Å². The van der Waals surface area contributed by atoms with Crippen LogP contribution in [0.4, 0.5) is 17.1 Å². The first kappa shape index (κ1) is 40.1. The second kappa shape index (κ2) is 16.9. The van der Waals surface area contributed by atoms with E-state index in [1.165, 1.54) is 49.6 Å². The lowest BCUT2D eigenvalue weighted by atomic mass is 9.97. The lowest BCUT2D eigenvalue weighted by Gasteiger charge is -2.27. The van der Waals surface area contributed by atoms with E-state index >= 15 is 0 Å². The minimum Gasteiger partial charge on any atom is -0.456 e. The minimum atomic E-state index is 0.887. The smallest absolute Gasteiger partial charge is 0.136 e. The molecule has 0 saturated carbocycles. The molecule has 0 fully saturated rings. The molecule has 0 N–H and O–H groups in total. The van der Waals surface area contributed by atoms with Gasteiger partial charge in [-0.1, -0.05) is 188 Å². The van der Waals surface area contributed by atoms with Crippen LogP contribution in [0.1, 0.15) is 0 Å². The molecule has 3 heteroatoms. The van der Waals surface area contributed by atoms with Crippen LogP contribution in [0.5, 0.6) is 0 Å². The third-order valence-corrected chi connectivity index (χ3v) is 13.6. The third-order valence-electron chi connectivity index (χ3n) is 13.6. The molecule has 0 aliphatic carbocycles. The van der Waals surface area contributed by atoms with Crippen LogP contribution >= 0.6 is 0 Å². The lowest BCUT2D eigenvalue weighted by Crippen LogP contribution is -2.10. The van der Waals surface area contributed by atoms with Gasteiger partial charge in [0.15, 0.2) is 0 Å². The van der Waals surface area contributed by atoms with Crippen molar-refractivity contribution in [2.24, 2.45) is 0 Å². The summed E-state index contributed by atoms with van der Waals surface area (Å²) in [6.07, 6.45) is 0. The molecule has 2 heterocycles. The number of hydrogen-bond donors (Lipinski definition) is 0. The van der Waals surface area contributed by atoms with Crippen molar-refractivity contribution < 1.29 is 4.42 Å². The first-order valence-electron chi connectivity index (χ1n) is 23.6. The van der Waals surface area contributed by atoms with Crippen molar-refractivity contribution in [1.82, 2.24) is 4.57 Å². The summed E-state index contributed by atoms with van der Waals surface area (Å²) < 4.78 is 8.71. The van der Waals surface area contributed by atoms with Gasteiger partial charge in [0.25, 0.3) is 0 Å². The van der Waals surface area contributed by atoms with E-state index in [0.29, 0.717) is 0 Å². The number of furan rings is 1. The van der Waals surface area contributed by atoms with Crippen molar-refractivity contribution in [3.8, 4) is 61.3 Å². The summed E-state index contributed by atoms with van der Waals surface area (Å²) in [7, 11) is 0. The van der Waals surface area contributed by atoms with Gasteiger partial charge in [0.05, 0.1) is 11.0 Å². The van der Waals surface area contributed by atoms with Crippen LogP contribution in [-0.2, 0) is 0 Å². The molecule has 13 aromatic rings. The van der Waals surface area contributed by atoms with Crippen molar-refractivity contribution in [3.63, 3.8) is 0 Å². The molecule has 324 valence electrons. The fourth-order valence-electron chi connectivity index (χ4n) is 10.3. The fourth-order valence-corrected chi connectivity index (χ4v) is 10.3. The average molecular weight is 881 g/mol. The molecule has 0 atom stereocenters. The van der Waals surface area contributed by atoms with E-state index in [2.05, 4.69) is 264 Å². The number of hydrogen-bond acceptors (Lipinski definition) is 2. The van der Waals surface area contributed by atoms with E-state index in [1.54, 1.807) is 0 Å². The Bertz CT molecular complexity index is 3960. The zero-order valence-corrected chi connectivity index (χ0v) is 37.7. The molecular weight excluding hydrogens is 837 g/mol. The zero-order chi connectivity index (χ0) is 45.7. The summed E-state index contributed by atoms with van der Waals surface area (Å²) in [6, 6.07) is 96.1. The summed E-state index contributed by atoms with van der Waals surface area (Å²) >= 11 is 0. The SMILES string of the molecule is c1ccc(-c2cccc(-c3cccc(N(c4ccc(-c5ccc(-c6cccc(-n7c8ccccc8c8ccccc87)c6)cc5)cc4)c4cccc(-c5cccc6oc7ccccc7c56)c4)c3)c2)cc1. The molecule has 11 aromatic carbocycles. The topological polar surface area (TPSA) is 21.3 Å². The number of para-hydroxylation sites is 3. The van der Waals surface area contributed by atoms with E-state index in [-0.39, 0.29) is 0 Å². The first-order valence-corrected chi connectivity index (χ1v) is 23.6. The summed E-state index contributed by atoms with van der Waals surface area (Å²) in [6.45, 7) is 0. The molecule has 0 radical (unpaired) electrons. The number of aromatic nitrogens is 1. The number of benzene rings is 11. The van der Waals surface area contributed by atoms with Crippen molar-refractivity contribution in [3.05, 3.63) is 267 Å². The van der Waals surface area contributed by atoms with Crippen LogP contribution < -0.4 is 4.90 Å². The Morgan fingerprint density at radius 3 is 1.42 bits per heavy atom. The van der Waals surface area contributed by atoms with Gasteiger partial charge in [0.1, 0.15) is 11.2 Å². The Balaban J connectivity index is 0.864. The predicted octanol–water partition coefficient (Wildman–Crippen LogP) is 18.5. The zero-order valence-electron chi connectivity index (χ0n) is 37.7. The van der Waals surface area contributed by atoms with Crippen molar-refractivity contribution in [2.45, 2.75) is 0 Å². The van der Waals surface area contributed by atoms with Crippen molar-refractivity contribution >= 4 is 60.8 Å². The maximum absolute atomic E-state index is 6.33. The van der Waals surface area contributed by atoms with Gasteiger partial charge in [-0.25, -0.2) is 0 Å². The summed E-state index contributed by atoms with van der Waals surface area (Å²) in [4.78, 5) is 2.37. The highest BCUT2D eigenvalue weighted by Crippen LogP contribution is 2.42. The van der Waals surface area contributed by atoms with Crippen LogP contribution in [0.25, 0.3) is 105 Å². The molecule has 0 unspecified atom stereocenters. The molecular formula is C66H44N2O. The van der Waals surface area contributed by atoms with Gasteiger partial charge < -0.3 is 13.9 Å². The van der Waals surface area contributed by atoms with Gasteiger partial charge in [-0.15, -0.1) is 0 Å². The maximum atomic E-state index is 6.33. The second-order valence-electron chi connectivity index (χ2n) is 17.7. The number of fused-ring (bicyclic) bond motifs is 6. The standard InChI is InChI=1S/C66H44N2O/c1-2-15-45(16-3-1)49-17-10-18-50(41-49)52-20-12-22-55(43-52)67(56-23-13-21-53(44-56)58-28-14-32-65-66(58)61-27-6-9-31-64(61)69-65)54-39-37-47(38-40-54)46-33-35-48(36-34-46)51-19-11-24-57(42-51)68-62-29-7-4-25-59(62)60-26-5-8-30-63(60)68/h1-44H. The van der Waals surface area contributed by atoms with E-state index < -0.39 is 0 Å². The fraction of sp³-hybridized carbons (Fsp3) is 0. The Hall–Kier alpha value is -9.18. The minimum absolute atomic E-state index is 0.887. The van der Waals surface area contributed by atoms with Gasteiger partial charge in [-0.3, -0.25) is 0 Å². The Morgan fingerprint density at radius 2 is 0.725 bits per heavy atom. The molecule has 13 rings (SSSR count). The van der Waals surface area contributed by atoms with Crippen LogP contribution in [0.3, 0.4) is 0 Å². The summed E-state index contributed by atoms with van der Waals surface area (Å²) in [5.74, 6) is 0. The second-order valence-corrected chi connectivity index (χ2v) is 17.7. The highest BCUT2D eigenvalue weighted by molar-refractivity contribution is 6.13. The lowest BCUT2D eigenvalue weighted by molar-refractivity contribution is 0.669. The third kappa shape index (κ3) is 7.25. The Kier molecular flexibility index (Phi) is 9.84. The predicted molar refractivity (Wildman–Crippen MR) is 290 cm³/mol. The molecule has 0 amide bonds. The van der Waals surface area contributed by atoms with E-state index in [0.717, 1.165) is 72.5 Å². The van der Waals surface area contributed by atoms with Crippen LogP contribution in [0.2, 0.25) is 0 Å². The number of rotatable bonds is 9. The summed E-state index contributed by atoms with van der Waals surface area (Å²) in [5, 5.41) is 4.78. The van der Waals surface area contributed by atoms with Gasteiger partial charge in [-0.2, -0.15) is 0 Å². The molecule has 2 aromatic heterocycles. The molecule has 69 heavy (non-hydrogen) atoms. The van der Waals surface area contributed by atoms with Gasteiger partial charge in [0.2, 0.25) is 0 Å². The van der Waals surface area contributed by atoms with E-state index in [4.69, 9.17) is 4.42 Å². The Labute approximate surface area is 401 Å². The van der Waals surface area contributed by atoms with Crippen LogP contribution in [0.15, 0.2) is 271 Å². The highest BCUT2D eigenvalue weighted by atomic mass is 16.3. The monoisotopic (exact) mass is 880 g/mol. The van der Waals surface area contributed by atoms with E-state index in [1.807, 2.05) is 12.1 Å². The Morgan fingerprint density at radius 1 is 0.275 bits per heavy atom. The van der Waals surface area contributed by atoms with Crippen LogP contribution in [-0.4, -0.2) is 4.57 Å². The highest BCUT2D eigenvalue weighted by Gasteiger charge is 2.18. The molecule has 0 spiro atoms. The molecule has 0 aliphatic rings. The molecule has 0 bridgehead atoms.